The van der Waals surface area contributed by atoms with E-state index in [1.54, 1.807) is 0 Å². The number of fused-ring (bicyclic) bond motifs is 1. The Labute approximate surface area is 139 Å². The maximum absolute atomic E-state index is 11.1. The third-order valence-corrected chi connectivity index (χ3v) is 4.31. The number of aliphatic hydroxyl groups excluding tert-OH is 3. The fraction of sp³-hybridized carbons (Fsp3) is 0.917. The molecule has 13 heteroatoms. The Kier molecular flexibility index (Phi) is 5.06. The number of carboxylic acid groups (broad SMARTS) is 1. The van der Waals surface area contributed by atoms with Gasteiger partial charge in [0.15, 0.2) is 18.5 Å². The minimum absolute atomic E-state index is 0.0735. The van der Waals surface area contributed by atoms with E-state index in [1.165, 1.54) is 0 Å². The van der Waals surface area contributed by atoms with Gasteiger partial charge in [-0.15, -0.1) is 10.1 Å². The second kappa shape index (κ2) is 6.95. The van der Waals surface area contributed by atoms with Crippen LogP contribution in [-0.4, -0.2) is 99.8 Å². The van der Waals surface area contributed by atoms with Gasteiger partial charge >= 0.3 is 5.97 Å². The first-order valence-electron chi connectivity index (χ1n) is 7.42. The molecule has 25 heavy (non-hydrogen) atoms. The molecule has 0 aromatic carbocycles. The van der Waals surface area contributed by atoms with Crippen LogP contribution in [0.1, 0.15) is 0 Å². The summed E-state index contributed by atoms with van der Waals surface area (Å²) in [7, 11) is 0. The second-order valence-corrected chi connectivity index (χ2v) is 5.87. The van der Waals surface area contributed by atoms with Gasteiger partial charge in [0, 0.05) is 0 Å². The lowest BCUT2D eigenvalue weighted by molar-refractivity contribution is -0.769. The lowest BCUT2D eigenvalue weighted by atomic mass is 9.99. The Morgan fingerprint density at radius 1 is 1.04 bits per heavy atom. The van der Waals surface area contributed by atoms with Crippen LogP contribution in [0.15, 0.2) is 0 Å². The van der Waals surface area contributed by atoms with E-state index in [0.717, 1.165) is 0 Å². The minimum atomic E-state index is -1.83. The fourth-order valence-corrected chi connectivity index (χ4v) is 3.08. The highest BCUT2D eigenvalue weighted by molar-refractivity contribution is 5.73. The van der Waals surface area contributed by atoms with Crippen molar-refractivity contribution in [3.63, 3.8) is 0 Å². The number of hydrogen-bond acceptors (Lipinski definition) is 11. The van der Waals surface area contributed by atoms with Gasteiger partial charge < -0.3 is 44.2 Å². The molecule has 4 N–H and O–H groups in total. The summed E-state index contributed by atoms with van der Waals surface area (Å²) < 4.78 is 21.2. The maximum atomic E-state index is 11.1. The standard InChI is InChI=1S/C12H17NO12/c14-5-6(15)10(11(17)18)24-12(7(5)16)23-3-1-21-9-4(25-13(19)20)2-22-8(3)9/h3-10,12,14-16H,1-2H2,(H,17,18)/t3-,4+,5+,6+,7-,8+,9+,10+,12+/m0/s1. The molecule has 0 spiro atoms. The topological polar surface area (TPSA) is 187 Å². The number of aliphatic hydroxyl groups is 3. The van der Waals surface area contributed by atoms with Gasteiger partial charge in [-0.25, -0.2) is 4.79 Å². The Morgan fingerprint density at radius 3 is 2.24 bits per heavy atom. The number of hydrogen-bond donors (Lipinski definition) is 4. The van der Waals surface area contributed by atoms with E-state index < -0.39 is 66.2 Å². The van der Waals surface area contributed by atoms with E-state index in [0.29, 0.717) is 0 Å². The molecule has 3 rings (SSSR count). The van der Waals surface area contributed by atoms with Gasteiger partial charge in [-0.1, -0.05) is 0 Å². The van der Waals surface area contributed by atoms with Crippen LogP contribution >= 0.6 is 0 Å². The lowest BCUT2D eigenvalue weighted by Crippen LogP contribution is -2.61. The maximum Gasteiger partial charge on any atom is 0.335 e. The van der Waals surface area contributed by atoms with Crippen LogP contribution in [0, 0.1) is 10.1 Å². The van der Waals surface area contributed by atoms with Crippen molar-refractivity contribution in [1.29, 1.82) is 0 Å². The average molecular weight is 367 g/mol. The summed E-state index contributed by atoms with van der Waals surface area (Å²) in [6.45, 7) is -0.181. The van der Waals surface area contributed by atoms with Crippen molar-refractivity contribution in [1.82, 2.24) is 0 Å². The molecule has 13 nitrogen and oxygen atoms in total. The zero-order valence-electron chi connectivity index (χ0n) is 12.6. The molecular weight excluding hydrogens is 350 g/mol. The highest BCUT2D eigenvalue weighted by atomic mass is 17.0. The molecule has 9 atom stereocenters. The van der Waals surface area contributed by atoms with Crippen LogP contribution in [0.25, 0.3) is 0 Å². The number of carbonyl (C=O) groups is 1. The first-order chi connectivity index (χ1) is 11.8. The molecule has 0 aliphatic carbocycles. The van der Waals surface area contributed by atoms with Gasteiger partial charge in [0.25, 0.3) is 5.09 Å². The smallest absolute Gasteiger partial charge is 0.335 e. The summed E-state index contributed by atoms with van der Waals surface area (Å²) in [4.78, 5) is 25.9. The molecule has 0 radical (unpaired) electrons. The van der Waals surface area contributed by atoms with E-state index in [-0.39, 0.29) is 13.2 Å². The highest BCUT2D eigenvalue weighted by Crippen LogP contribution is 2.33. The van der Waals surface area contributed by atoms with E-state index in [4.69, 9.17) is 24.1 Å². The Bertz CT molecular complexity index is 530. The Hall–Kier alpha value is -1.61. The summed E-state index contributed by atoms with van der Waals surface area (Å²) in [6, 6.07) is 0. The van der Waals surface area contributed by atoms with Crippen molar-refractivity contribution >= 4 is 5.97 Å². The van der Waals surface area contributed by atoms with Crippen LogP contribution in [0.2, 0.25) is 0 Å². The Balaban J connectivity index is 1.64. The van der Waals surface area contributed by atoms with Crippen LogP contribution < -0.4 is 0 Å². The van der Waals surface area contributed by atoms with Crippen molar-refractivity contribution in [3.8, 4) is 0 Å². The first kappa shape index (κ1) is 18.2. The lowest BCUT2D eigenvalue weighted by Gasteiger charge is -2.39. The molecule has 3 saturated heterocycles. The molecule has 3 aliphatic rings. The molecule has 142 valence electrons. The van der Waals surface area contributed by atoms with Gasteiger partial charge in [0.2, 0.25) is 0 Å². The molecule has 0 aromatic rings. The SMILES string of the molecule is O=C(O)[C@@H]1O[C@@H](O[C@H]2CO[C@H]3[C@@H]2OC[C@H]3O[N+](=O)[O-])[C@@H](O)[C@H](O)[C@H]1O. The fourth-order valence-electron chi connectivity index (χ4n) is 3.08. The summed E-state index contributed by atoms with van der Waals surface area (Å²) in [6.07, 6.45) is -12.0. The van der Waals surface area contributed by atoms with E-state index in [1.807, 2.05) is 0 Å². The van der Waals surface area contributed by atoms with Crippen molar-refractivity contribution in [2.24, 2.45) is 0 Å². The number of ether oxygens (including phenoxy) is 4. The predicted octanol–water partition coefficient (Wildman–Crippen LogP) is -3.36. The third-order valence-electron chi connectivity index (χ3n) is 4.31. The summed E-state index contributed by atoms with van der Waals surface area (Å²) >= 11 is 0. The van der Waals surface area contributed by atoms with Gasteiger partial charge in [-0.05, 0) is 0 Å². The first-order valence-corrected chi connectivity index (χ1v) is 7.42. The van der Waals surface area contributed by atoms with Crippen molar-refractivity contribution < 1.29 is 54.1 Å². The molecule has 3 fully saturated rings. The predicted molar refractivity (Wildman–Crippen MR) is 70.5 cm³/mol. The summed E-state index contributed by atoms with van der Waals surface area (Å²) in [5.41, 5.74) is 0. The van der Waals surface area contributed by atoms with Crippen LogP contribution in [0.5, 0.6) is 0 Å². The highest BCUT2D eigenvalue weighted by Gasteiger charge is 2.53. The second-order valence-electron chi connectivity index (χ2n) is 5.87. The molecule has 0 bridgehead atoms. The molecule has 3 heterocycles. The summed E-state index contributed by atoms with van der Waals surface area (Å²) in [5, 5.41) is 47.8. The molecule has 0 aromatic heterocycles. The average Bonchev–Trinajstić information content (AvgIpc) is 3.11. The van der Waals surface area contributed by atoms with Crippen molar-refractivity contribution in [2.75, 3.05) is 13.2 Å². The molecule has 0 unspecified atom stereocenters. The van der Waals surface area contributed by atoms with E-state index >= 15 is 0 Å². The van der Waals surface area contributed by atoms with Crippen molar-refractivity contribution in [3.05, 3.63) is 10.1 Å². The number of aliphatic carboxylic acids is 1. The van der Waals surface area contributed by atoms with Crippen LogP contribution in [-0.2, 0) is 28.6 Å². The van der Waals surface area contributed by atoms with Gasteiger partial charge in [0.1, 0.15) is 36.6 Å². The quantitative estimate of drug-likeness (QED) is 0.279. The van der Waals surface area contributed by atoms with Gasteiger partial charge in [-0.2, -0.15) is 0 Å². The van der Waals surface area contributed by atoms with E-state index in [9.17, 15) is 30.2 Å². The molecule has 0 amide bonds. The Morgan fingerprint density at radius 2 is 1.64 bits per heavy atom. The molecule has 0 saturated carbocycles. The molecular formula is C12H17NO12. The normalized spacial score (nSPS) is 46.6. The van der Waals surface area contributed by atoms with Gasteiger partial charge in [-0.3, -0.25) is 0 Å². The van der Waals surface area contributed by atoms with Gasteiger partial charge in [0.05, 0.1) is 13.2 Å². The zero-order valence-corrected chi connectivity index (χ0v) is 12.6. The summed E-state index contributed by atoms with van der Waals surface area (Å²) in [5.74, 6) is -1.54. The molecule has 3 aliphatic heterocycles. The minimum Gasteiger partial charge on any atom is -0.479 e. The number of carboxylic acids is 1. The van der Waals surface area contributed by atoms with Crippen LogP contribution in [0.3, 0.4) is 0 Å². The van der Waals surface area contributed by atoms with E-state index in [2.05, 4.69) is 4.84 Å². The number of rotatable bonds is 5. The monoisotopic (exact) mass is 367 g/mol. The zero-order chi connectivity index (χ0) is 18.3. The number of nitrogens with zero attached hydrogens (tertiary/aromatic N) is 1. The third kappa shape index (κ3) is 3.39. The largest absolute Gasteiger partial charge is 0.479 e. The van der Waals surface area contributed by atoms with Crippen molar-refractivity contribution in [2.45, 2.75) is 55.1 Å². The van der Waals surface area contributed by atoms with Crippen LogP contribution in [0.4, 0.5) is 0 Å².